The maximum absolute atomic E-state index is 12.1. The van der Waals surface area contributed by atoms with Crippen LogP contribution in [0.2, 0.25) is 0 Å². The average molecular weight is 286 g/mol. The molecule has 3 N–H and O–H groups in total. The number of nitrogens with one attached hydrogen (secondary N) is 1. The van der Waals surface area contributed by atoms with Crippen molar-refractivity contribution in [2.45, 2.75) is 25.8 Å². The summed E-state index contributed by atoms with van der Waals surface area (Å²) in [5.74, 6) is -0.0309. The number of methoxy groups -OCH3 is 1. The molecule has 0 bridgehead atoms. The van der Waals surface area contributed by atoms with Gasteiger partial charge >= 0.3 is 6.03 Å². The molecule has 0 aromatic carbocycles. The number of urea groups is 1. The molecule has 7 nitrogen and oxygen atoms in total. The summed E-state index contributed by atoms with van der Waals surface area (Å²) in [7, 11) is 1.63. The summed E-state index contributed by atoms with van der Waals surface area (Å²) < 4.78 is 4.95. The standard InChI is InChI=1S/C13H26N4O3/c1-3-15-13(19)17-8-6-16(7-9-17)12(18)11(14)5-4-10-20-2/h11H,3-10,14H2,1-2H3,(H,15,19). The molecule has 3 amide bonds. The molecular formula is C13H26N4O3. The summed E-state index contributed by atoms with van der Waals surface area (Å²) in [6.07, 6.45) is 1.41. The number of hydrogen-bond donors (Lipinski definition) is 2. The quantitative estimate of drug-likeness (QED) is 0.651. The van der Waals surface area contributed by atoms with Gasteiger partial charge in [-0.15, -0.1) is 0 Å². The Morgan fingerprint density at radius 3 is 2.40 bits per heavy atom. The van der Waals surface area contributed by atoms with E-state index in [4.69, 9.17) is 10.5 Å². The van der Waals surface area contributed by atoms with E-state index in [1.54, 1.807) is 16.9 Å². The van der Waals surface area contributed by atoms with Crippen LogP contribution in [0.25, 0.3) is 0 Å². The molecule has 7 heteroatoms. The molecule has 0 radical (unpaired) electrons. The third kappa shape index (κ3) is 4.97. The van der Waals surface area contributed by atoms with Gasteiger partial charge < -0.3 is 25.6 Å². The first kappa shape index (κ1) is 16.7. The smallest absolute Gasteiger partial charge is 0.317 e. The second kappa shape index (κ2) is 8.76. The Labute approximate surface area is 120 Å². The lowest BCUT2D eigenvalue weighted by Crippen LogP contribution is -2.55. The molecule has 1 fully saturated rings. The van der Waals surface area contributed by atoms with E-state index in [-0.39, 0.29) is 11.9 Å². The highest BCUT2D eigenvalue weighted by Gasteiger charge is 2.26. The van der Waals surface area contributed by atoms with Gasteiger partial charge in [0.2, 0.25) is 5.91 Å². The molecule has 0 spiro atoms. The van der Waals surface area contributed by atoms with Crippen LogP contribution in [0.3, 0.4) is 0 Å². The van der Waals surface area contributed by atoms with Gasteiger partial charge in [-0.2, -0.15) is 0 Å². The molecule has 1 saturated heterocycles. The molecular weight excluding hydrogens is 260 g/mol. The van der Waals surface area contributed by atoms with Crippen molar-refractivity contribution in [2.24, 2.45) is 5.73 Å². The molecule has 1 aliphatic rings. The van der Waals surface area contributed by atoms with Gasteiger partial charge in [-0.1, -0.05) is 0 Å². The van der Waals surface area contributed by atoms with Crippen molar-refractivity contribution in [2.75, 3.05) is 46.4 Å². The summed E-state index contributed by atoms with van der Waals surface area (Å²) in [5, 5.41) is 2.76. The fourth-order valence-corrected chi connectivity index (χ4v) is 2.20. The second-order valence-electron chi connectivity index (χ2n) is 4.89. The van der Waals surface area contributed by atoms with Gasteiger partial charge in [0, 0.05) is 46.4 Å². The predicted molar refractivity (Wildman–Crippen MR) is 76.3 cm³/mol. The Hall–Kier alpha value is -1.34. The third-order valence-corrected chi connectivity index (χ3v) is 3.39. The number of nitrogens with zero attached hydrogens (tertiary/aromatic N) is 2. The van der Waals surface area contributed by atoms with E-state index < -0.39 is 6.04 Å². The van der Waals surface area contributed by atoms with Crippen LogP contribution in [0.15, 0.2) is 0 Å². The number of ether oxygens (including phenoxy) is 1. The van der Waals surface area contributed by atoms with Gasteiger partial charge in [0.05, 0.1) is 6.04 Å². The Balaban J connectivity index is 2.33. The maximum Gasteiger partial charge on any atom is 0.317 e. The van der Waals surface area contributed by atoms with E-state index in [1.807, 2.05) is 6.92 Å². The molecule has 0 saturated carbocycles. The fraction of sp³-hybridized carbons (Fsp3) is 0.846. The highest BCUT2D eigenvalue weighted by Crippen LogP contribution is 2.06. The maximum atomic E-state index is 12.1. The van der Waals surface area contributed by atoms with Crippen LogP contribution in [0.5, 0.6) is 0 Å². The minimum Gasteiger partial charge on any atom is -0.385 e. The van der Waals surface area contributed by atoms with Crippen LogP contribution in [-0.4, -0.2) is 74.2 Å². The molecule has 116 valence electrons. The lowest BCUT2D eigenvalue weighted by Gasteiger charge is -2.35. The summed E-state index contributed by atoms with van der Waals surface area (Å²) in [5.41, 5.74) is 5.89. The number of nitrogens with two attached hydrogens (primary N) is 1. The van der Waals surface area contributed by atoms with Gasteiger partial charge in [-0.25, -0.2) is 4.79 Å². The molecule has 0 aromatic heterocycles. The van der Waals surface area contributed by atoms with Crippen molar-refractivity contribution in [3.8, 4) is 0 Å². The van der Waals surface area contributed by atoms with Gasteiger partial charge in [0.1, 0.15) is 0 Å². The number of amides is 3. The topological polar surface area (TPSA) is 87.9 Å². The largest absolute Gasteiger partial charge is 0.385 e. The number of hydrogen-bond acceptors (Lipinski definition) is 4. The van der Waals surface area contributed by atoms with E-state index in [0.717, 1.165) is 6.42 Å². The second-order valence-corrected chi connectivity index (χ2v) is 4.89. The summed E-state index contributed by atoms with van der Waals surface area (Å²) in [6, 6.07) is -0.537. The average Bonchev–Trinajstić information content (AvgIpc) is 2.47. The normalized spacial score (nSPS) is 16.9. The zero-order valence-corrected chi connectivity index (χ0v) is 12.4. The number of carbonyl (C=O) groups is 2. The minimum absolute atomic E-state index is 0.0309. The van der Waals surface area contributed by atoms with Crippen molar-refractivity contribution in [1.82, 2.24) is 15.1 Å². The van der Waals surface area contributed by atoms with Crippen LogP contribution in [-0.2, 0) is 9.53 Å². The Bertz CT molecular complexity index is 317. The summed E-state index contributed by atoms with van der Waals surface area (Å²) >= 11 is 0. The third-order valence-electron chi connectivity index (χ3n) is 3.39. The number of rotatable bonds is 6. The molecule has 1 heterocycles. The van der Waals surface area contributed by atoms with Gasteiger partial charge in [0.15, 0.2) is 0 Å². The van der Waals surface area contributed by atoms with E-state index >= 15 is 0 Å². The molecule has 1 atom stereocenters. The lowest BCUT2D eigenvalue weighted by molar-refractivity contribution is -0.134. The molecule has 0 aliphatic carbocycles. The summed E-state index contributed by atoms with van der Waals surface area (Å²) in [6.45, 7) is 5.33. The van der Waals surface area contributed by atoms with Gasteiger partial charge in [-0.3, -0.25) is 4.79 Å². The lowest BCUT2D eigenvalue weighted by atomic mass is 10.1. The van der Waals surface area contributed by atoms with Gasteiger partial charge in [0.25, 0.3) is 0 Å². The van der Waals surface area contributed by atoms with Crippen LogP contribution in [0, 0.1) is 0 Å². The van der Waals surface area contributed by atoms with Crippen molar-refractivity contribution in [3.63, 3.8) is 0 Å². The fourth-order valence-electron chi connectivity index (χ4n) is 2.20. The number of carbonyl (C=O) groups excluding carboxylic acids is 2. The molecule has 1 rings (SSSR count). The Morgan fingerprint density at radius 2 is 1.85 bits per heavy atom. The highest BCUT2D eigenvalue weighted by molar-refractivity contribution is 5.82. The molecule has 1 aliphatic heterocycles. The highest BCUT2D eigenvalue weighted by atomic mass is 16.5. The van der Waals surface area contributed by atoms with E-state index in [9.17, 15) is 9.59 Å². The zero-order valence-electron chi connectivity index (χ0n) is 12.4. The predicted octanol–water partition coefficient (Wildman–Crippen LogP) is -0.386. The number of piperazine rings is 1. The van der Waals surface area contributed by atoms with Crippen LogP contribution in [0.4, 0.5) is 4.79 Å². The van der Waals surface area contributed by atoms with Crippen LogP contribution in [0.1, 0.15) is 19.8 Å². The minimum atomic E-state index is -0.471. The van der Waals surface area contributed by atoms with Crippen molar-refractivity contribution >= 4 is 11.9 Å². The van der Waals surface area contributed by atoms with E-state index in [2.05, 4.69) is 5.32 Å². The molecule has 0 aromatic rings. The summed E-state index contributed by atoms with van der Waals surface area (Å²) in [4.78, 5) is 27.3. The first-order valence-corrected chi connectivity index (χ1v) is 7.16. The first-order valence-electron chi connectivity index (χ1n) is 7.16. The monoisotopic (exact) mass is 286 g/mol. The van der Waals surface area contributed by atoms with Crippen molar-refractivity contribution in [1.29, 1.82) is 0 Å². The van der Waals surface area contributed by atoms with Gasteiger partial charge in [-0.05, 0) is 19.8 Å². The van der Waals surface area contributed by atoms with Crippen LogP contribution >= 0.6 is 0 Å². The Morgan fingerprint density at radius 1 is 1.25 bits per heavy atom. The molecule has 20 heavy (non-hydrogen) atoms. The van der Waals surface area contributed by atoms with E-state index in [1.165, 1.54) is 0 Å². The van der Waals surface area contributed by atoms with E-state index in [0.29, 0.717) is 45.8 Å². The molecule has 1 unspecified atom stereocenters. The van der Waals surface area contributed by atoms with Crippen LogP contribution < -0.4 is 11.1 Å². The zero-order chi connectivity index (χ0) is 15.0. The Kier molecular flexibility index (Phi) is 7.32. The SMILES string of the molecule is CCNC(=O)N1CCN(C(=O)C(N)CCCOC)CC1. The van der Waals surface area contributed by atoms with Crippen molar-refractivity contribution < 1.29 is 14.3 Å². The van der Waals surface area contributed by atoms with Crippen molar-refractivity contribution in [3.05, 3.63) is 0 Å². The first-order chi connectivity index (χ1) is 9.60.